The third-order valence-electron chi connectivity index (χ3n) is 5.39. The molecule has 1 fully saturated rings. The Bertz CT molecular complexity index is 1160. The van der Waals surface area contributed by atoms with Gasteiger partial charge >= 0.3 is 0 Å². The van der Waals surface area contributed by atoms with E-state index >= 15 is 0 Å². The lowest BCUT2D eigenvalue weighted by Crippen LogP contribution is -2.22. The van der Waals surface area contributed by atoms with Crippen LogP contribution in [0.1, 0.15) is 17.5 Å². The highest BCUT2D eigenvalue weighted by Gasteiger charge is 2.22. The molecule has 2 N–H and O–H groups in total. The lowest BCUT2D eigenvalue weighted by molar-refractivity contribution is 0.198. The Labute approximate surface area is 162 Å². The Hall–Kier alpha value is -3.19. The minimum atomic E-state index is -0.284. The Morgan fingerprint density at radius 2 is 1.93 bits per heavy atom. The maximum Gasteiger partial charge on any atom is 0.166 e. The number of aliphatic hydroxyl groups is 1. The number of β-amino-alcohol motifs (C(OH)–C–C–N with tert-alkyl or cyclic N) is 1. The van der Waals surface area contributed by atoms with E-state index in [4.69, 9.17) is 9.97 Å². The number of hydrogen-bond donors (Lipinski definition) is 2. The van der Waals surface area contributed by atoms with E-state index in [0.717, 1.165) is 47.0 Å². The molecular formula is C21H22N6O. The highest BCUT2D eigenvalue weighted by atomic mass is 16.3. The third-order valence-corrected chi connectivity index (χ3v) is 5.39. The van der Waals surface area contributed by atoms with Gasteiger partial charge in [0.25, 0.3) is 0 Å². The summed E-state index contributed by atoms with van der Waals surface area (Å²) in [6, 6.07) is 10.2. The van der Waals surface area contributed by atoms with Gasteiger partial charge in [0, 0.05) is 18.8 Å². The Balaban J connectivity index is 1.62. The number of benzene rings is 1. The van der Waals surface area contributed by atoms with Crippen molar-refractivity contribution in [2.45, 2.75) is 26.4 Å². The molecule has 0 spiro atoms. The summed E-state index contributed by atoms with van der Waals surface area (Å²) in [5.74, 6) is 1.62. The number of nitrogens with zero attached hydrogens (tertiary/aromatic N) is 5. The summed E-state index contributed by atoms with van der Waals surface area (Å²) in [5.41, 5.74) is 5.83. The number of nitrogens with one attached hydrogen (secondary N) is 1. The fourth-order valence-electron chi connectivity index (χ4n) is 3.86. The summed E-state index contributed by atoms with van der Waals surface area (Å²) in [7, 11) is 0. The molecule has 28 heavy (non-hydrogen) atoms. The molecular weight excluding hydrogens is 352 g/mol. The normalized spacial score (nSPS) is 17.0. The molecule has 1 saturated heterocycles. The van der Waals surface area contributed by atoms with E-state index in [1.165, 1.54) is 11.1 Å². The SMILES string of the molecule is Cc1cccc(C)c1Nc1nc2ccc(N3CC[C@@H](O)C3)nc2n2cncc12. The van der Waals surface area contributed by atoms with E-state index in [-0.39, 0.29) is 6.10 Å². The van der Waals surface area contributed by atoms with Crippen molar-refractivity contribution < 1.29 is 5.11 Å². The van der Waals surface area contributed by atoms with Gasteiger partial charge in [0.2, 0.25) is 0 Å². The lowest BCUT2D eigenvalue weighted by atomic mass is 10.1. The molecule has 4 heterocycles. The van der Waals surface area contributed by atoms with Crippen LogP contribution < -0.4 is 10.2 Å². The molecule has 7 nitrogen and oxygen atoms in total. The molecule has 0 amide bonds. The maximum absolute atomic E-state index is 9.83. The second kappa shape index (κ2) is 6.45. The second-order valence-corrected chi connectivity index (χ2v) is 7.40. The van der Waals surface area contributed by atoms with Gasteiger partial charge in [-0.05, 0) is 43.5 Å². The van der Waals surface area contributed by atoms with Crippen LogP contribution >= 0.6 is 0 Å². The van der Waals surface area contributed by atoms with Gasteiger partial charge in [-0.2, -0.15) is 0 Å². The van der Waals surface area contributed by atoms with Crippen LogP contribution in [0.5, 0.6) is 0 Å². The molecule has 0 unspecified atom stereocenters. The van der Waals surface area contributed by atoms with Gasteiger partial charge in [0.05, 0.1) is 12.3 Å². The van der Waals surface area contributed by atoms with Crippen molar-refractivity contribution >= 4 is 34.0 Å². The first-order valence-electron chi connectivity index (χ1n) is 9.49. The van der Waals surface area contributed by atoms with Crippen LogP contribution in [0.15, 0.2) is 42.9 Å². The number of imidazole rings is 1. The van der Waals surface area contributed by atoms with Crippen molar-refractivity contribution in [2.75, 3.05) is 23.3 Å². The predicted octanol–water partition coefficient (Wildman–Crippen LogP) is 3.21. The van der Waals surface area contributed by atoms with Crippen LogP contribution in [0.3, 0.4) is 0 Å². The first kappa shape index (κ1) is 16.9. The number of rotatable bonds is 3. The molecule has 0 radical (unpaired) electrons. The van der Waals surface area contributed by atoms with Crippen molar-refractivity contribution in [1.82, 2.24) is 19.4 Å². The highest BCUT2D eigenvalue weighted by molar-refractivity contribution is 5.85. The molecule has 142 valence electrons. The fraction of sp³-hybridized carbons (Fsp3) is 0.286. The Morgan fingerprint density at radius 3 is 2.68 bits per heavy atom. The average Bonchev–Trinajstić information content (AvgIpc) is 3.34. The molecule has 0 saturated carbocycles. The van der Waals surface area contributed by atoms with Crippen LogP contribution in [0.25, 0.3) is 16.7 Å². The number of fused-ring (bicyclic) bond motifs is 3. The predicted molar refractivity (Wildman–Crippen MR) is 110 cm³/mol. The molecule has 7 heteroatoms. The van der Waals surface area contributed by atoms with Crippen LogP contribution in [-0.2, 0) is 0 Å². The van der Waals surface area contributed by atoms with Crippen LogP contribution in [0, 0.1) is 13.8 Å². The van der Waals surface area contributed by atoms with Crippen molar-refractivity contribution in [3.63, 3.8) is 0 Å². The van der Waals surface area contributed by atoms with E-state index in [0.29, 0.717) is 6.54 Å². The van der Waals surface area contributed by atoms with Gasteiger partial charge in [0.15, 0.2) is 11.5 Å². The van der Waals surface area contributed by atoms with Gasteiger partial charge in [-0.25, -0.2) is 15.0 Å². The summed E-state index contributed by atoms with van der Waals surface area (Å²) < 4.78 is 1.97. The molecule has 1 aliphatic rings. The first-order chi connectivity index (χ1) is 13.6. The minimum Gasteiger partial charge on any atom is -0.391 e. The highest BCUT2D eigenvalue weighted by Crippen LogP contribution is 2.29. The smallest absolute Gasteiger partial charge is 0.166 e. The fourth-order valence-corrected chi connectivity index (χ4v) is 3.86. The number of pyridine rings is 1. The Kier molecular flexibility index (Phi) is 3.91. The number of aliphatic hydroxyl groups excluding tert-OH is 1. The molecule has 3 aromatic heterocycles. The Morgan fingerprint density at radius 1 is 1.11 bits per heavy atom. The topological polar surface area (TPSA) is 78.6 Å². The molecule has 0 aliphatic carbocycles. The summed E-state index contributed by atoms with van der Waals surface area (Å²) in [4.78, 5) is 16.1. The summed E-state index contributed by atoms with van der Waals surface area (Å²) >= 11 is 0. The standard InChI is InChI=1S/C21H22N6O/c1-13-4-3-5-14(2)19(13)25-20-17-10-22-12-27(17)21-16(23-20)6-7-18(24-21)26-9-8-15(28)11-26/h3-7,10,12,15,28H,8-9,11H2,1-2H3,(H,23,25)/t15-/m1/s1. The largest absolute Gasteiger partial charge is 0.391 e. The quantitative estimate of drug-likeness (QED) is 0.573. The van der Waals surface area contributed by atoms with Crippen molar-refractivity contribution in [2.24, 2.45) is 0 Å². The molecule has 4 aromatic rings. The molecule has 0 bridgehead atoms. The second-order valence-electron chi connectivity index (χ2n) is 7.40. The molecule has 1 aromatic carbocycles. The number of hydrogen-bond acceptors (Lipinski definition) is 6. The third kappa shape index (κ3) is 2.75. The number of aryl methyl sites for hydroxylation is 2. The van der Waals surface area contributed by atoms with E-state index < -0.39 is 0 Å². The van der Waals surface area contributed by atoms with Crippen LogP contribution in [0.2, 0.25) is 0 Å². The minimum absolute atomic E-state index is 0.284. The monoisotopic (exact) mass is 374 g/mol. The van der Waals surface area contributed by atoms with Gasteiger partial charge in [-0.15, -0.1) is 0 Å². The lowest BCUT2D eigenvalue weighted by Gasteiger charge is -2.18. The summed E-state index contributed by atoms with van der Waals surface area (Å²) in [6.07, 6.45) is 4.06. The number of anilines is 3. The van der Waals surface area contributed by atoms with Gasteiger partial charge in [0.1, 0.15) is 23.2 Å². The molecule has 5 rings (SSSR count). The van der Waals surface area contributed by atoms with Crippen molar-refractivity contribution in [3.05, 3.63) is 54.0 Å². The molecule has 1 atom stereocenters. The zero-order chi connectivity index (χ0) is 19.3. The van der Waals surface area contributed by atoms with E-state index in [1.807, 2.05) is 16.5 Å². The van der Waals surface area contributed by atoms with Gasteiger partial charge < -0.3 is 15.3 Å². The van der Waals surface area contributed by atoms with Crippen molar-refractivity contribution in [1.29, 1.82) is 0 Å². The zero-order valence-electron chi connectivity index (χ0n) is 15.9. The maximum atomic E-state index is 9.83. The zero-order valence-corrected chi connectivity index (χ0v) is 15.9. The summed E-state index contributed by atoms with van der Waals surface area (Å²) in [5, 5.41) is 13.3. The van der Waals surface area contributed by atoms with Crippen LogP contribution in [0.4, 0.5) is 17.3 Å². The van der Waals surface area contributed by atoms with Gasteiger partial charge in [-0.3, -0.25) is 4.40 Å². The summed E-state index contributed by atoms with van der Waals surface area (Å²) in [6.45, 7) is 5.60. The number of aromatic nitrogens is 4. The first-order valence-corrected chi connectivity index (χ1v) is 9.49. The number of para-hydroxylation sites is 1. The molecule has 1 aliphatic heterocycles. The van der Waals surface area contributed by atoms with E-state index in [1.54, 1.807) is 12.5 Å². The van der Waals surface area contributed by atoms with Crippen molar-refractivity contribution in [3.8, 4) is 0 Å². The van der Waals surface area contributed by atoms with Crippen LogP contribution in [-0.4, -0.2) is 43.7 Å². The van der Waals surface area contributed by atoms with E-state index in [2.05, 4.69) is 47.2 Å². The average molecular weight is 374 g/mol. The van der Waals surface area contributed by atoms with E-state index in [9.17, 15) is 5.11 Å². The van der Waals surface area contributed by atoms with Gasteiger partial charge in [-0.1, -0.05) is 18.2 Å².